The fourth-order valence-corrected chi connectivity index (χ4v) is 4.54. The van der Waals surface area contributed by atoms with E-state index in [4.69, 9.17) is 21.2 Å². The summed E-state index contributed by atoms with van der Waals surface area (Å²) in [6.45, 7) is 3.17. The predicted octanol–water partition coefficient (Wildman–Crippen LogP) is 4.39. The van der Waals surface area contributed by atoms with Crippen molar-refractivity contribution in [1.29, 1.82) is 0 Å². The standard InChI is InChI=1S/C22H22ClF4N3O4/c1-4-33-20(32)21(12-5-6-12)10-16(28-34-21)13-7-17(15(24)8-14(13)23)30-11(2)29(3)18(9-19(30)31)22(25,26)27/h7-9,11-12H,4-6,10H2,1-3H3/t11?,21-/m0/s1. The number of benzene rings is 1. The number of halogens is 5. The largest absolute Gasteiger partial charge is 0.463 e. The molecule has 3 aliphatic rings. The van der Waals surface area contributed by atoms with Crippen LogP contribution in [0.2, 0.25) is 5.02 Å². The van der Waals surface area contributed by atoms with Crippen LogP contribution in [-0.4, -0.2) is 54.1 Å². The molecule has 184 valence electrons. The van der Waals surface area contributed by atoms with Crippen LogP contribution in [0.25, 0.3) is 0 Å². The quantitative estimate of drug-likeness (QED) is 0.440. The highest BCUT2D eigenvalue weighted by Gasteiger charge is 2.58. The second-order valence-corrected chi connectivity index (χ2v) is 8.86. The molecule has 1 aliphatic carbocycles. The molecular weight excluding hydrogens is 482 g/mol. The summed E-state index contributed by atoms with van der Waals surface area (Å²) in [5.41, 5.74) is -2.25. The molecule has 7 nitrogen and oxygen atoms in total. The fourth-order valence-electron chi connectivity index (χ4n) is 4.28. The second-order valence-electron chi connectivity index (χ2n) is 8.45. The summed E-state index contributed by atoms with van der Waals surface area (Å²) in [6, 6.07) is 2.20. The summed E-state index contributed by atoms with van der Waals surface area (Å²) in [5.74, 6) is -2.58. The smallest absolute Gasteiger partial charge is 0.431 e. The van der Waals surface area contributed by atoms with Crippen LogP contribution in [0.1, 0.15) is 38.7 Å². The molecule has 0 N–H and O–H groups in total. The highest BCUT2D eigenvalue weighted by molar-refractivity contribution is 6.34. The number of allylic oxidation sites excluding steroid dienone is 1. The van der Waals surface area contributed by atoms with Crippen LogP contribution in [0.3, 0.4) is 0 Å². The lowest BCUT2D eigenvalue weighted by Crippen LogP contribution is -2.53. The van der Waals surface area contributed by atoms with Crippen molar-refractivity contribution in [2.75, 3.05) is 18.6 Å². The molecule has 1 aromatic rings. The molecular formula is C22H22ClF4N3O4. The van der Waals surface area contributed by atoms with Gasteiger partial charge in [-0.3, -0.25) is 9.69 Å². The Kier molecular flexibility index (Phi) is 6.03. The van der Waals surface area contributed by atoms with Gasteiger partial charge in [0, 0.05) is 31.0 Å². The van der Waals surface area contributed by atoms with Gasteiger partial charge in [0.2, 0.25) is 5.60 Å². The van der Waals surface area contributed by atoms with Crippen molar-refractivity contribution in [3.8, 4) is 0 Å². The molecule has 4 rings (SSSR count). The Labute approximate surface area is 197 Å². The number of amides is 1. The van der Waals surface area contributed by atoms with Gasteiger partial charge in [0.15, 0.2) is 0 Å². The molecule has 1 amide bonds. The van der Waals surface area contributed by atoms with E-state index in [1.54, 1.807) is 6.92 Å². The van der Waals surface area contributed by atoms with E-state index in [1.165, 1.54) is 13.0 Å². The Bertz CT molecular complexity index is 1100. The number of hydrogen-bond acceptors (Lipinski definition) is 6. The highest BCUT2D eigenvalue weighted by Crippen LogP contribution is 2.48. The van der Waals surface area contributed by atoms with Gasteiger partial charge in [-0.05, 0) is 38.8 Å². The van der Waals surface area contributed by atoms with E-state index < -0.39 is 41.3 Å². The van der Waals surface area contributed by atoms with E-state index in [-0.39, 0.29) is 40.9 Å². The number of anilines is 1. The minimum Gasteiger partial charge on any atom is -0.463 e. The van der Waals surface area contributed by atoms with Crippen LogP contribution in [0.15, 0.2) is 29.1 Å². The maximum Gasteiger partial charge on any atom is 0.431 e. The van der Waals surface area contributed by atoms with Gasteiger partial charge in [-0.25, -0.2) is 9.18 Å². The zero-order chi connectivity index (χ0) is 25.0. The topological polar surface area (TPSA) is 71.4 Å². The normalized spacial score (nSPS) is 25.2. The summed E-state index contributed by atoms with van der Waals surface area (Å²) in [4.78, 5) is 32.6. The molecule has 1 aromatic carbocycles. The van der Waals surface area contributed by atoms with Gasteiger partial charge in [0.05, 0.1) is 23.0 Å². The molecule has 1 unspecified atom stereocenters. The number of rotatable bonds is 5. The van der Waals surface area contributed by atoms with Crippen LogP contribution in [-0.2, 0) is 19.2 Å². The van der Waals surface area contributed by atoms with E-state index in [0.717, 1.165) is 35.8 Å². The lowest BCUT2D eigenvalue weighted by molar-refractivity contribution is -0.172. The number of alkyl halides is 3. The van der Waals surface area contributed by atoms with Crippen molar-refractivity contribution in [2.24, 2.45) is 11.1 Å². The molecule has 2 heterocycles. The first-order chi connectivity index (χ1) is 15.9. The lowest BCUT2D eigenvalue weighted by atomic mass is 9.89. The van der Waals surface area contributed by atoms with Crippen molar-refractivity contribution < 1.29 is 36.7 Å². The summed E-state index contributed by atoms with van der Waals surface area (Å²) in [6.07, 6.45) is -3.94. The third-order valence-electron chi connectivity index (χ3n) is 6.32. The van der Waals surface area contributed by atoms with Gasteiger partial charge in [-0.2, -0.15) is 13.2 Å². The number of hydrogen-bond donors (Lipinski definition) is 0. The Morgan fingerprint density at radius 2 is 2.03 bits per heavy atom. The minimum absolute atomic E-state index is 0.0306. The van der Waals surface area contributed by atoms with E-state index in [0.29, 0.717) is 6.08 Å². The van der Waals surface area contributed by atoms with Crippen LogP contribution in [0.4, 0.5) is 23.2 Å². The summed E-state index contributed by atoms with van der Waals surface area (Å²) < 4.78 is 60.0. The third-order valence-corrected chi connectivity index (χ3v) is 6.63. The summed E-state index contributed by atoms with van der Waals surface area (Å²) >= 11 is 6.27. The van der Waals surface area contributed by atoms with E-state index >= 15 is 0 Å². The van der Waals surface area contributed by atoms with Crippen molar-refractivity contribution >= 4 is 34.9 Å². The average molecular weight is 504 g/mol. The monoisotopic (exact) mass is 503 g/mol. The molecule has 0 bridgehead atoms. The predicted molar refractivity (Wildman–Crippen MR) is 115 cm³/mol. The lowest BCUT2D eigenvalue weighted by Gasteiger charge is -2.41. The first-order valence-electron chi connectivity index (χ1n) is 10.7. The van der Waals surface area contributed by atoms with Gasteiger partial charge < -0.3 is 14.5 Å². The number of carbonyl (C=O) groups excluding carboxylic acids is 2. The minimum atomic E-state index is -4.75. The van der Waals surface area contributed by atoms with Gasteiger partial charge in [-0.1, -0.05) is 16.8 Å². The molecule has 12 heteroatoms. The van der Waals surface area contributed by atoms with Crippen LogP contribution >= 0.6 is 11.6 Å². The highest BCUT2D eigenvalue weighted by atomic mass is 35.5. The molecule has 1 saturated carbocycles. The number of esters is 1. The maximum atomic E-state index is 14.9. The second kappa shape index (κ2) is 8.44. The van der Waals surface area contributed by atoms with E-state index in [2.05, 4.69) is 5.16 Å². The molecule has 0 radical (unpaired) electrons. The number of nitrogens with zero attached hydrogens (tertiary/aromatic N) is 3. The molecule has 0 aromatic heterocycles. The fraction of sp³-hybridized carbons (Fsp3) is 0.500. The summed E-state index contributed by atoms with van der Waals surface area (Å²) in [5, 5.41) is 3.99. The first kappa shape index (κ1) is 24.3. The Morgan fingerprint density at radius 1 is 1.35 bits per heavy atom. The van der Waals surface area contributed by atoms with Crippen molar-refractivity contribution in [2.45, 2.75) is 51.1 Å². The zero-order valence-corrected chi connectivity index (χ0v) is 19.3. The SMILES string of the molecule is CCOC(=O)[C@@]1(C2CC2)CC(c2cc(N3C(=O)C=C(C(F)(F)F)N(C)C3C)c(F)cc2Cl)=NO1. The van der Waals surface area contributed by atoms with Crippen LogP contribution < -0.4 is 4.90 Å². The van der Waals surface area contributed by atoms with Crippen molar-refractivity contribution in [1.82, 2.24) is 4.90 Å². The first-order valence-corrected chi connectivity index (χ1v) is 11.0. The van der Waals surface area contributed by atoms with Gasteiger partial charge in [-0.15, -0.1) is 0 Å². The molecule has 1 fully saturated rings. The van der Waals surface area contributed by atoms with E-state index in [1.807, 2.05) is 0 Å². The van der Waals surface area contributed by atoms with Crippen LogP contribution in [0, 0.1) is 11.7 Å². The van der Waals surface area contributed by atoms with E-state index in [9.17, 15) is 27.2 Å². The molecule has 2 atom stereocenters. The number of carbonyl (C=O) groups is 2. The zero-order valence-electron chi connectivity index (χ0n) is 18.6. The molecule has 34 heavy (non-hydrogen) atoms. The third kappa shape index (κ3) is 3.99. The Balaban J connectivity index is 1.70. The van der Waals surface area contributed by atoms with Gasteiger partial charge in [0.25, 0.3) is 5.91 Å². The Morgan fingerprint density at radius 3 is 2.62 bits per heavy atom. The maximum absolute atomic E-state index is 14.9. The van der Waals surface area contributed by atoms with Crippen molar-refractivity contribution in [3.05, 3.63) is 40.3 Å². The molecule has 0 saturated heterocycles. The van der Waals surface area contributed by atoms with Gasteiger partial charge in [0.1, 0.15) is 17.7 Å². The molecule has 2 aliphatic heterocycles. The Hall–Kier alpha value is -2.82. The molecule has 0 spiro atoms. The van der Waals surface area contributed by atoms with Crippen LogP contribution in [0.5, 0.6) is 0 Å². The summed E-state index contributed by atoms with van der Waals surface area (Å²) in [7, 11) is 1.16. The average Bonchev–Trinajstić information content (AvgIpc) is 3.51. The number of oxime groups is 1. The van der Waals surface area contributed by atoms with Crippen molar-refractivity contribution in [3.63, 3.8) is 0 Å². The van der Waals surface area contributed by atoms with Gasteiger partial charge >= 0.3 is 12.1 Å². The number of ether oxygens (including phenoxy) is 1.